The Balaban J connectivity index is 2.54. The molecule has 1 aromatic carbocycles. The fourth-order valence-corrected chi connectivity index (χ4v) is 1.61. The van der Waals surface area contributed by atoms with Crippen LogP contribution in [0.2, 0.25) is 10.0 Å². The van der Waals surface area contributed by atoms with Crippen LogP contribution in [0.3, 0.4) is 0 Å². The summed E-state index contributed by atoms with van der Waals surface area (Å²) >= 11 is 16.4. The van der Waals surface area contributed by atoms with Gasteiger partial charge in [-0.05, 0) is 18.2 Å². The third kappa shape index (κ3) is 4.13. The molecule has 0 spiro atoms. The second-order valence-corrected chi connectivity index (χ2v) is 4.20. The zero-order valence-corrected chi connectivity index (χ0v) is 9.72. The normalized spacial score (nSPS) is 9.86. The zero-order valence-electron chi connectivity index (χ0n) is 7.39. The van der Waals surface area contributed by atoms with Gasteiger partial charge in [0.25, 0.3) is 0 Å². The maximum atomic E-state index is 5.82. The lowest BCUT2D eigenvalue weighted by atomic mass is 10.3. The largest absolute Gasteiger partial charge is 0.393 e. The molecular formula is C9H10Cl2N2S. The van der Waals surface area contributed by atoms with E-state index in [-0.39, 0.29) is 0 Å². The van der Waals surface area contributed by atoms with Crippen molar-refractivity contribution in [2.24, 2.45) is 5.73 Å². The lowest BCUT2D eigenvalue weighted by molar-refractivity contribution is 1.11. The molecule has 0 aliphatic rings. The van der Waals surface area contributed by atoms with Crippen LogP contribution in [0.4, 0.5) is 5.69 Å². The fourth-order valence-electron chi connectivity index (χ4n) is 0.986. The minimum Gasteiger partial charge on any atom is -0.393 e. The Morgan fingerprint density at radius 3 is 2.36 bits per heavy atom. The van der Waals surface area contributed by atoms with Gasteiger partial charge < -0.3 is 11.1 Å². The van der Waals surface area contributed by atoms with Gasteiger partial charge in [0.2, 0.25) is 0 Å². The number of anilines is 1. The molecule has 3 N–H and O–H groups in total. The Labute approximate surface area is 98.4 Å². The molecule has 1 rings (SSSR count). The first-order valence-electron chi connectivity index (χ1n) is 4.06. The van der Waals surface area contributed by atoms with Crippen LogP contribution in [0.5, 0.6) is 0 Å². The van der Waals surface area contributed by atoms with Gasteiger partial charge in [0.1, 0.15) is 0 Å². The molecule has 0 saturated heterocycles. The molecule has 0 amide bonds. The fraction of sp³-hybridized carbons (Fsp3) is 0.222. The second-order valence-electron chi connectivity index (χ2n) is 2.80. The van der Waals surface area contributed by atoms with Crippen LogP contribution in [-0.4, -0.2) is 11.5 Å². The Hall–Kier alpha value is -0.510. The molecule has 5 heteroatoms. The number of benzene rings is 1. The van der Waals surface area contributed by atoms with Crippen LogP contribution in [0, 0.1) is 0 Å². The molecule has 0 bridgehead atoms. The number of rotatable bonds is 4. The maximum absolute atomic E-state index is 5.82. The van der Waals surface area contributed by atoms with E-state index in [1.807, 2.05) is 0 Å². The Morgan fingerprint density at radius 1 is 1.29 bits per heavy atom. The second kappa shape index (κ2) is 5.39. The van der Waals surface area contributed by atoms with Gasteiger partial charge in [-0.3, -0.25) is 0 Å². The maximum Gasteiger partial charge on any atom is 0.0745 e. The molecule has 0 aliphatic heterocycles. The van der Waals surface area contributed by atoms with Crippen molar-refractivity contribution in [3.05, 3.63) is 28.2 Å². The molecule has 0 saturated carbocycles. The third-order valence-electron chi connectivity index (χ3n) is 1.56. The quantitative estimate of drug-likeness (QED) is 0.805. The summed E-state index contributed by atoms with van der Waals surface area (Å²) in [4.78, 5) is 0.491. The summed E-state index contributed by atoms with van der Waals surface area (Å²) in [7, 11) is 0. The van der Waals surface area contributed by atoms with Gasteiger partial charge in [0.15, 0.2) is 0 Å². The minimum atomic E-state index is 0.491. The molecule has 0 atom stereocenters. The van der Waals surface area contributed by atoms with Crippen molar-refractivity contribution in [3.8, 4) is 0 Å². The number of nitrogens with one attached hydrogen (secondary N) is 1. The molecule has 2 nitrogen and oxygen atoms in total. The van der Waals surface area contributed by atoms with E-state index in [4.69, 9.17) is 41.2 Å². The summed E-state index contributed by atoms with van der Waals surface area (Å²) < 4.78 is 0. The average Bonchev–Trinajstić information content (AvgIpc) is 2.01. The van der Waals surface area contributed by atoms with Gasteiger partial charge in [-0.15, -0.1) is 0 Å². The predicted octanol–water partition coefficient (Wildman–Crippen LogP) is 3.08. The van der Waals surface area contributed by atoms with Crippen molar-refractivity contribution in [2.45, 2.75) is 6.42 Å². The third-order valence-corrected chi connectivity index (χ3v) is 2.20. The van der Waals surface area contributed by atoms with Crippen molar-refractivity contribution in [3.63, 3.8) is 0 Å². The lowest BCUT2D eigenvalue weighted by Gasteiger charge is -2.06. The molecule has 14 heavy (non-hydrogen) atoms. The average molecular weight is 249 g/mol. The molecule has 0 aromatic heterocycles. The van der Waals surface area contributed by atoms with Gasteiger partial charge in [0, 0.05) is 28.7 Å². The molecule has 0 aliphatic carbocycles. The van der Waals surface area contributed by atoms with E-state index in [0.717, 1.165) is 5.69 Å². The lowest BCUT2D eigenvalue weighted by Crippen LogP contribution is -2.13. The number of hydrogen-bond donors (Lipinski definition) is 2. The van der Waals surface area contributed by atoms with E-state index in [9.17, 15) is 0 Å². The van der Waals surface area contributed by atoms with E-state index in [2.05, 4.69) is 5.32 Å². The summed E-state index contributed by atoms with van der Waals surface area (Å²) in [5.41, 5.74) is 6.23. The zero-order chi connectivity index (χ0) is 10.6. The van der Waals surface area contributed by atoms with E-state index in [0.29, 0.717) is 28.0 Å². The Morgan fingerprint density at radius 2 is 1.86 bits per heavy atom. The standard InChI is InChI=1S/C9H10Cl2N2S/c10-6-3-7(11)5-8(4-6)13-2-1-9(12)14/h3-5,13H,1-2H2,(H2,12,14). The number of thiocarbonyl (C=S) groups is 1. The highest BCUT2D eigenvalue weighted by molar-refractivity contribution is 7.80. The summed E-state index contributed by atoms with van der Waals surface area (Å²) in [5.74, 6) is 0. The summed E-state index contributed by atoms with van der Waals surface area (Å²) in [6.45, 7) is 0.687. The van der Waals surface area contributed by atoms with Crippen LogP contribution >= 0.6 is 35.4 Å². The van der Waals surface area contributed by atoms with Crippen LogP contribution in [0.15, 0.2) is 18.2 Å². The first-order valence-corrected chi connectivity index (χ1v) is 5.22. The molecule has 76 valence electrons. The molecule has 1 aromatic rings. The topological polar surface area (TPSA) is 38.0 Å². The van der Waals surface area contributed by atoms with Gasteiger partial charge in [-0.25, -0.2) is 0 Å². The highest BCUT2D eigenvalue weighted by Crippen LogP contribution is 2.22. The molecule has 0 radical (unpaired) electrons. The van der Waals surface area contributed by atoms with Crippen molar-refractivity contribution in [2.75, 3.05) is 11.9 Å². The smallest absolute Gasteiger partial charge is 0.0745 e. The van der Waals surface area contributed by atoms with Crippen molar-refractivity contribution >= 4 is 46.1 Å². The molecule has 0 heterocycles. The number of hydrogen-bond acceptors (Lipinski definition) is 2. The number of nitrogens with two attached hydrogens (primary N) is 1. The minimum absolute atomic E-state index is 0.491. The Bertz CT molecular complexity index is 321. The van der Waals surface area contributed by atoms with Crippen LogP contribution < -0.4 is 11.1 Å². The number of halogens is 2. The van der Waals surface area contributed by atoms with E-state index in [1.54, 1.807) is 18.2 Å². The SMILES string of the molecule is NC(=S)CCNc1cc(Cl)cc(Cl)c1. The van der Waals surface area contributed by atoms with E-state index in [1.165, 1.54) is 0 Å². The van der Waals surface area contributed by atoms with Gasteiger partial charge in [0.05, 0.1) is 4.99 Å². The van der Waals surface area contributed by atoms with E-state index >= 15 is 0 Å². The summed E-state index contributed by atoms with van der Waals surface area (Å²) in [5, 5.41) is 4.33. The van der Waals surface area contributed by atoms with Crippen LogP contribution in [-0.2, 0) is 0 Å². The first-order chi connectivity index (χ1) is 6.58. The Kier molecular flexibility index (Phi) is 4.45. The van der Waals surface area contributed by atoms with Crippen LogP contribution in [0.25, 0.3) is 0 Å². The predicted molar refractivity (Wildman–Crippen MR) is 66.4 cm³/mol. The van der Waals surface area contributed by atoms with Gasteiger partial charge in [-0.1, -0.05) is 35.4 Å². The molecule has 0 unspecified atom stereocenters. The molecule has 0 fully saturated rings. The monoisotopic (exact) mass is 248 g/mol. The summed E-state index contributed by atoms with van der Waals surface area (Å²) in [6.07, 6.45) is 0.652. The van der Waals surface area contributed by atoms with Gasteiger partial charge >= 0.3 is 0 Å². The summed E-state index contributed by atoms with van der Waals surface area (Å²) in [6, 6.07) is 5.28. The van der Waals surface area contributed by atoms with Crippen molar-refractivity contribution < 1.29 is 0 Å². The van der Waals surface area contributed by atoms with E-state index < -0.39 is 0 Å². The van der Waals surface area contributed by atoms with Crippen LogP contribution in [0.1, 0.15) is 6.42 Å². The van der Waals surface area contributed by atoms with Gasteiger partial charge in [-0.2, -0.15) is 0 Å². The first kappa shape index (κ1) is 11.6. The molecular weight excluding hydrogens is 239 g/mol. The van der Waals surface area contributed by atoms with Crippen molar-refractivity contribution in [1.29, 1.82) is 0 Å². The van der Waals surface area contributed by atoms with Crippen molar-refractivity contribution in [1.82, 2.24) is 0 Å². The highest BCUT2D eigenvalue weighted by Gasteiger charge is 1.97. The highest BCUT2D eigenvalue weighted by atomic mass is 35.5.